The number of hydrogen-bond donors (Lipinski definition) is 1. The van der Waals surface area contributed by atoms with Gasteiger partial charge in [-0.05, 0) is 13.3 Å². The minimum absolute atomic E-state index is 0.718. The Balaban J connectivity index is 2.74. The van der Waals surface area contributed by atoms with Gasteiger partial charge in [0.1, 0.15) is 17.5 Å². The number of aromatic nitrogens is 2. The molecule has 1 aromatic rings. The van der Waals surface area contributed by atoms with E-state index in [0.717, 1.165) is 56.6 Å². The second-order valence-corrected chi connectivity index (χ2v) is 4.43. The van der Waals surface area contributed by atoms with Gasteiger partial charge in [-0.15, -0.1) is 0 Å². The summed E-state index contributed by atoms with van der Waals surface area (Å²) in [7, 11) is 2.03. The van der Waals surface area contributed by atoms with E-state index in [2.05, 4.69) is 34.0 Å². The van der Waals surface area contributed by atoms with E-state index in [9.17, 15) is 0 Å². The van der Waals surface area contributed by atoms with E-state index in [1.807, 2.05) is 20.0 Å². The first-order valence-electron chi connectivity index (χ1n) is 7.11. The highest BCUT2D eigenvalue weighted by molar-refractivity contribution is 5.49. The predicted octanol–water partition coefficient (Wildman–Crippen LogP) is 2.33. The summed E-state index contributed by atoms with van der Waals surface area (Å²) in [5, 5.41) is 3.32. The van der Waals surface area contributed by atoms with E-state index in [1.54, 1.807) is 0 Å². The molecule has 0 spiro atoms. The third-order valence-corrected chi connectivity index (χ3v) is 2.80. The maximum atomic E-state index is 5.38. The van der Waals surface area contributed by atoms with E-state index in [0.29, 0.717) is 0 Å². The van der Waals surface area contributed by atoms with E-state index in [1.165, 1.54) is 0 Å². The van der Waals surface area contributed by atoms with Gasteiger partial charge in [-0.1, -0.05) is 13.8 Å². The zero-order valence-corrected chi connectivity index (χ0v) is 12.6. The van der Waals surface area contributed by atoms with Crippen molar-refractivity contribution in [3.05, 3.63) is 11.9 Å². The number of aryl methyl sites for hydroxylation is 1. The number of likely N-dealkylation sites (N-methyl/N-ethyl adjacent to an activating group) is 1. The maximum absolute atomic E-state index is 5.38. The fourth-order valence-electron chi connectivity index (χ4n) is 1.64. The Bertz CT molecular complexity index is 370. The molecule has 1 heterocycles. The Hall–Kier alpha value is -1.36. The fraction of sp³-hybridized carbons (Fsp3) is 0.714. The Morgan fingerprint density at radius 3 is 2.68 bits per heavy atom. The molecule has 0 aliphatic carbocycles. The number of ether oxygens (including phenoxy) is 1. The van der Waals surface area contributed by atoms with Crippen LogP contribution >= 0.6 is 0 Å². The minimum Gasteiger partial charge on any atom is -0.380 e. The third kappa shape index (κ3) is 5.42. The number of anilines is 2. The van der Waals surface area contributed by atoms with Crippen LogP contribution in [-0.4, -0.2) is 43.3 Å². The van der Waals surface area contributed by atoms with Gasteiger partial charge in [0.15, 0.2) is 0 Å². The molecule has 0 saturated heterocycles. The van der Waals surface area contributed by atoms with E-state index >= 15 is 0 Å². The van der Waals surface area contributed by atoms with Crippen molar-refractivity contribution >= 4 is 11.6 Å². The molecule has 0 aliphatic heterocycles. The van der Waals surface area contributed by atoms with Gasteiger partial charge >= 0.3 is 0 Å². The Labute approximate surface area is 116 Å². The Morgan fingerprint density at radius 1 is 1.26 bits per heavy atom. The average Bonchev–Trinajstić information content (AvgIpc) is 2.44. The number of hydrogen-bond acceptors (Lipinski definition) is 5. The molecular formula is C14H26N4O. The van der Waals surface area contributed by atoms with Crippen LogP contribution in [0.2, 0.25) is 0 Å². The van der Waals surface area contributed by atoms with Gasteiger partial charge in [0.2, 0.25) is 0 Å². The van der Waals surface area contributed by atoms with Gasteiger partial charge in [0, 0.05) is 39.2 Å². The largest absolute Gasteiger partial charge is 0.380 e. The normalized spacial score (nSPS) is 10.5. The molecule has 0 atom stereocenters. The summed E-state index contributed by atoms with van der Waals surface area (Å²) in [4.78, 5) is 11.2. The lowest BCUT2D eigenvalue weighted by molar-refractivity contribution is 0.154. The van der Waals surface area contributed by atoms with Crippen LogP contribution in [0.5, 0.6) is 0 Å². The van der Waals surface area contributed by atoms with Crippen molar-refractivity contribution in [2.45, 2.75) is 33.6 Å². The summed E-state index contributed by atoms with van der Waals surface area (Å²) >= 11 is 0. The minimum atomic E-state index is 0.718. The van der Waals surface area contributed by atoms with Crippen molar-refractivity contribution in [2.24, 2.45) is 0 Å². The first-order chi connectivity index (χ1) is 9.21. The van der Waals surface area contributed by atoms with E-state index < -0.39 is 0 Å². The molecule has 0 radical (unpaired) electrons. The first-order valence-corrected chi connectivity index (χ1v) is 7.11. The molecule has 108 valence electrons. The summed E-state index contributed by atoms with van der Waals surface area (Å²) < 4.78 is 5.38. The molecule has 0 amide bonds. The van der Waals surface area contributed by atoms with Crippen LogP contribution in [0.15, 0.2) is 6.07 Å². The summed E-state index contributed by atoms with van der Waals surface area (Å²) in [6.07, 6.45) is 1.93. The average molecular weight is 266 g/mol. The molecule has 0 fully saturated rings. The van der Waals surface area contributed by atoms with Gasteiger partial charge in [-0.25, -0.2) is 9.97 Å². The first kappa shape index (κ1) is 15.7. The van der Waals surface area contributed by atoms with Crippen molar-refractivity contribution in [3.63, 3.8) is 0 Å². The van der Waals surface area contributed by atoms with Crippen molar-refractivity contribution in [3.8, 4) is 0 Å². The molecule has 5 heteroatoms. The second kappa shape index (κ2) is 8.69. The number of nitrogens with zero attached hydrogens (tertiary/aromatic N) is 3. The van der Waals surface area contributed by atoms with Gasteiger partial charge in [0.05, 0.1) is 6.61 Å². The van der Waals surface area contributed by atoms with Crippen LogP contribution in [-0.2, 0) is 11.2 Å². The topological polar surface area (TPSA) is 50.3 Å². The highest BCUT2D eigenvalue weighted by Gasteiger charge is 2.07. The molecule has 0 unspecified atom stereocenters. The van der Waals surface area contributed by atoms with Gasteiger partial charge in [-0.3, -0.25) is 0 Å². The molecule has 1 aromatic heterocycles. The Kier molecular flexibility index (Phi) is 7.18. The second-order valence-electron chi connectivity index (χ2n) is 4.43. The van der Waals surface area contributed by atoms with Gasteiger partial charge < -0.3 is 15.0 Å². The molecule has 19 heavy (non-hydrogen) atoms. The van der Waals surface area contributed by atoms with Crippen molar-refractivity contribution < 1.29 is 4.74 Å². The Morgan fingerprint density at radius 2 is 2.05 bits per heavy atom. The lowest BCUT2D eigenvalue weighted by Gasteiger charge is -2.19. The van der Waals surface area contributed by atoms with Crippen molar-refractivity contribution in [2.75, 3.05) is 43.6 Å². The summed E-state index contributed by atoms with van der Waals surface area (Å²) in [6, 6.07) is 2.00. The number of rotatable bonds is 9. The molecular weight excluding hydrogens is 240 g/mol. The molecule has 5 nitrogen and oxygen atoms in total. The van der Waals surface area contributed by atoms with Gasteiger partial charge in [0.25, 0.3) is 0 Å². The highest BCUT2D eigenvalue weighted by Crippen LogP contribution is 2.15. The lowest BCUT2D eigenvalue weighted by atomic mass is 10.4. The van der Waals surface area contributed by atoms with Crippen LogP contribution in [0.4, 0.5) is 11.6 Å². The quantitative estimate of drug-likeness (QED) is 0.695. The van der Waals surface area contributed by atoms with Crippen LogP contribution in [0.1, 0.15) is 33.0 Å². The van der Waals surface area contributed by atoms with Crippen LogP contribution in [0.3, 0.4) is 0 Å². The molecule has 0 bridgehead atoms. The smallest absolute Gasteiger partial charge is 0.134 e. The molecule has 0 aromatic carbocycles. The van der Waals surface area contributed by atoms with Crippen LogP contribution < -0.4 is 10.2 Å². The SMILES string of the molecule is CCCNc1cc(N(C)CCOCC)nc(CC)n1. The van der Waals surface area contributed by atoms with E-state index in [4.69, 9.17) is 4.74 Å². The standard InChI is InChI=1S/C14H26N4O/c1-5-8-15-13-11-14(17-12(6-2)16-13)18(4)9-10-19-7-3/h11H,5-10H2,1-4H3,(H,15,16,17). The molecule has 1 N–H and O–H groups in total. The van der Waals surface area contributed by atoms with Gasteiger partial charge in [-0.2, -0.15) is 0 Å². The zero-order valence-electron chi connectivity index (χ0n) is 12.6. The monoisotopic (exact) mass is 266 g/mol. The number of nitrogens with one attached hydrogen (secondary N) is 1. The van der Waals surface area contributed by atoms with E-state index in [-0.39, 0.29) is 0 Å². The third-order valence-electron chi connectivity index (χ3n) is 2.80. The van der Waals surface area contributed by atoms with Crippen LogP contribution in [0, 0.1) is 0 Å². The fourth-order valence-corrected chi connectivity index (χ4v) is 1.64. The summed E-state index contributed by atoms with van der Waals surface area (Å²) in [6.45, 7) is 9.46. The molecule has 0 aliphatic rings. The summed E-state index contributed by atoms with van der Waals surface area (Å²) in [5.41, 5.74) is 0. The predicted molar refractivity (Wildman–Crippen MR) is 80.0 cm³/mol. The zero-order chi connectivity index (χ0) is 14.1. The molecule has 0 saturated carbocycles. The van der Waals surface area contributed by atoms with Crippen molar-refractivity contribution in [1.29, 1.82) is 0 Å². The van der Waals surface area contributed by atoms with Crippen molar-refractivity contribution in [1.82, 2.24) is 9.97 Å². The lowest BCUT2D eigenvalue weighted by Crippen LogP contribution is -2.24. The highest BCUT2D eigenvalue weighted by atomic mass is 16.5. The molecule has 1 rings (SSSR count). The maximum Gasteiger partial charge on any atom is 0.134 e. The summed E-state index contributed by atoms with van der Waals surface area (Å²) in [5.74, 6) is 2.73. The van der Waals surface area contributed by atoms with Crippen LogP contribution in [0.25, 0.3) is 0 Å².